The van der Waals surface area contributed by atoms with Crippen molar-refractivity contribution in [1.82, 2.24) is 0 Å². The fourth-order valence-electron chi connectivity index (χ4n) is 2.44. The summed E-state index contributed by atoms with van der Waals surface area (Å²) in [4.78, 5) is 2.32. The number of likely N-dealkylation sites (N-methyl/N-ethyl adjacent to an activating group) is 1. The van der Waals surface area contributed by atoms with Crippen molar-refractivity contribution in [2.45, 2.75) is 39.2 Å². The quantitative estimate of drug-likeness (QED) is 0.873. The SMILES string of the molecule is CCN1CC(CC)(CC)Oc2cc(O)ccc21. The molecule has 0 atom stereocenters. The second-order valence-corrected chi connectivity index (χ2v) is 4.66. The Morgan fingerprint density at radius 1 is 1.29 bits per heavy atom. The van der Waals surface area contributed by atoms with E-state index >= 15 is 0 Å². The molecule has 1 aliphatic heterocycles. The van der Waals surface area contributed by atoms with E-state index in [-0.39, 0.29) is 11.4 Å². The van der Waals surface area contributed by atoms with Gasteiger partial charge in [0.25, 0.3) is 0 Å². The van der Waals surface area contributed by atoms with Crippen molar-refractivity contribution in [3.8, 4) is 11.5 Å². The molecule has 17 heavy (non-hydrogen) atoms. The summed E-state index contributed by atoms with van der Waals surface area (Å²) in [5.74, 6) is 1.07. The highest BCUT2D eigenvalue weighted by atomic mass is 16.5. The van der Waals surface area contributed by atoms with E-state index in [4.69, 9.17) is 4.74 Å². The van der Waals surface area contributed by atoms with Crippen LogP contribution in [0.1, 0.15) is 33.6 Å². The molecule has 0 saturated heterocycles. The molecule has 1 heterocycles. The van der Waals surface area contributed by atoms with Crippen LogP contribution in [0.2, 0.25) is 0 Å². The van der Waals surface area contributed by atoms with E-state index in [0.29, 0.717) is 0 Å². The zero-order chi connectivity index (χ0) is 12.5. The van der Waals surface area contributed by atoms with Crippen LogP contribution in [0.3, 0.4) is 0 Å². The van der Waals surface area contributed by atoms with Gasteiger partial charge in [-0.1, -0.05) is 13.8 Å². The average Bonchev–Trinajstić information content (AvgIpc) is 2.36. The lowest BCUT2D eigenvalue weighted by Gasteiger charge is -2.43. The van der Waals surface area contributed by atoms with Crippen LogP contribution in [0.25, 0.3) is 0 Å². The van der Waals surface area contributed by atoms with Crippen molar-refractivity contribution in [3.63, 3.8) is 0 Å². The van der Waals surface area contributed by atoms with E-state index in [2.05, 4.69) is 25.7 Å². The third-order valence-electron chi connectivity index (χ3n) is 3.76. The normalized spacial score (nSPS) is 17.5. The largest absolute Gasteiger partial charge is 0.508 e. The van der Waals surface area contributed by atoms with Gasteiger partial charge in [-0.2, -0.15) is 0 Å². The number of benzene rings is 1. The highest BCUT2D eigenvalue weighted by molar-refractivity contribution is 5.62. The monoisotopic (exact) mass is 235 g/mol. The van der Waals surface area contributed by atoms with Gasteiger partial charge < -0.3 is 14.7 Å². The Bertz CT molecular complexity index is 399. The van der Waals surface area contributed by atoms with E-state index in [9.17, 15) is 5.11 Å². The molecule has 0 aromatic heterocycles. The molecular formula is C14H21NO2. The summed E-state index contributed by atoms with van der Waals surface area (Å²) in [5.41, 5.74) is 0.972. The Balaban J connectivity index is 2.42. The molecule has 1 N–H and O–H groups in total. The number of hydrogen-bond acceptors (Lipinski definition) is 3. The summed E-state index contributed by atoms with van der Waals surface area (Å²) in [6, 6.07) is 5.37. The average molecular weight is 235 g/mol. The fourth-order valence-corrected chi connectivity index (χ4v) is 2.44. The minimum absolute atomic E-state index is 0.114. The van der Waals surface area contributed by atoms with Crippen LogP contribution in [-0.4, -0.2) is 23.8 Å². The number of ether oxygens (including phenoxy) is 1. The maximum absolute atomic E-state index is 9.56. The van der Waals surface area contributed by atoms with Gasteiger partial charge in [-0.05, 0) is 31.9 Å². The second-order valence-electron chi connectivity index (χ2n) is 4.66. The van der Waals surface area contributed by atoms with Gasteiger partial charge in [0.15, 0.2) is 0 Å². The molecule has 3 nitrogen and oxygen atoms in total. The predicted molar refractivity (Wildman–Crippen MR) is 69.9 cm³/mol. The Morgan fingerprint density at radius 2 is 2.00 bits per heavy atom. The minimum Gasteiger partial charge on any atom is -0.508 e. The van der Waals surface area contributed by atoms with Crippen LogP contribution < -0.4 is 9.64 Å². The number of anilines is 1. The molecule has 94 valence electrons. The molecule has 0 amide bonds. The van der Waals surface area contributed by atoms with Gasteiger partial charge in [0.05, 0.1) is 12.2 Å². The first-order valence-electron chi connectivity index (χ1n) is 6.41. The standard InChI is InChI=1S/C14H21NO2/c1-4-14(5-2)10-15(6-3)12-8-7-11(16)9-13(12)17-14/h7-9,16H,4-6,10H2,1-3H3. The molecule has 1 aromatic carbocycles. The van der Waals surface area contributed by atoms with Crippen molar-refractivity contribution in [2.75, 3.05) is 18.0 Å². The van der Waals surface area contributed by atoms with Crippen LogP contribution in [0, 0.1) is 0 Å². The zero-order valence-electron chi connectivity index (χ0n) is 10.9. The summed E-state index contributed by atoms with van der Waals surface area (Å²) >= 11 is 0. The summed E-state index contributed by atoms with van der Waals surface area (Å²) in [6.45, 7) is 8.35. The molecule has 0 bridgehead atoms. The molecule has 0 aliphatic carbocycles. The first kappa shape index (κ1) is 12.1. The maximum atomic E-state index is 9.56. The van der Waals surface area contributed by atoms with Gasteiger partial charge in [0.2, 0.25) is 0 Å². The van der Waals surface area contributed by atoms with Gasteiger partial charge in [0.1, 0.15) is 17.1 Å². The van der Waals surface area contributed by atoms with Crippen LogP contribution in [0.5, 0.6) is 11.5 Å². The minimum atomic E-state index is -0.114. The van der Waals surface area contributed by atoms with Crippen LogP contribution in [-0.2, 0) is 0 Å². The Morgan fingerprint density at radius 3 is 2.59 bits per heavy atom. The molecule has 0 fully saturated rings. The van der Waals surface area contributed by atoms with Crippen molar-refractivity contribution < 1.29 is 9.84 Å². The lowest BCUT2D eigenvalue weighted by molar-refractivity contribution is 0.0576. The lowest BCUT2D eigenvalue weighted by Crippen LogP contribution is -2.50. The number of hydrogen-bond donors (Lipinski definition) is 1. The van der Waals surface area contributed by atoms with Crippen molar-refractivity contribution in [3.05, 3.63) is 18.2 Å². The van der Waals surface area contributed by atoms with Gasteiger partial charge >= 0.3 is 0 Å². The Labute approximate surface area is 103 Å². The summed E-state index contributed by atoms with van der Waals surface area (Å²) < 4.78 is 6.13. The molecular weight excluding hydrogens is 214 g/mol. The van der Waals surface area contributed by atoms with Crippen molar-refractivity contribution in [2.24, 2.45) is 0 Å². The third kappa shape index (κ3) is 2.06. The molecule has 0 radical (unpaired) electrons. The summed E-state index contributed by atoms with van der Waals surface area (Å²) in [7, 11) is 0. The van der Waals surface area contributed by atoms with Crippen LogP contribution in [0.4, 0.5) is 5.69 Å². The number of aromatic hydroxyl groups is 1. The van der Waals surface area contributed by atoms with Gasteiger partial charge in [-0.25, -0.2) is 0 Å². The summed E-state index contributed by atoms with van der Waals surface area (Å²) in [5, 5.41) is 9.56. The number of fused-ring (bicyclic) bond motifs is 1. The van der Waals surface area contributed by atoms with Gasteiger partial charge in [0, 0.05) is 12.6 Å². The zero-order valence-corrected chi connectivity index (χ0v) is 10.9. The van der Waals surface area contributed by atoms with E-state index in [1.807, 2.05) is 6.07 Å². The third-order valence-corrected chi connectivity index (χ3v) is 3.76. The molecule has 3 heteroatoms. The number of phenolic OH excluding ortho intramolecular Hbond substituents is 1. The van der Waals surface area contributed by atoms with Crippen LogP contribution in [0.15, 0.2) is 18.2 Å². The fraction of sp³-hybridized carbons (Fsp3) is 0.571. The first-order valence-corrected chi connectivity index (χ1v) is 6.41. The topological polar surface area (TPSA) is 32.7 Å². The Kier molecular flexibility index (Phi) is 3.18. The van der Waals surface area contributed by atoms with E-state index in [1.54, 1.807) is 12.1 Å². The first-order chi connectivity index (χ1) is 8.14. The second kappa shape index (κ2) is 4.47. The van der Waals surface area contributed by atoms with Gasteiger partial charge in [-0.15, -0.1) is 0 Å². The number of nitrogens with zero attached hydrogens (tertiary/aromatic N) is 1. The molecule has 0 saturated carbocycles. The van der Waals surface area contributed by atoms with Gasteiger partial charge in [-0.3, -0.25) is 0 Å². The molecule has 0 unspecified atom stereocenters. The van der Waals surface area contributed by atoms with Crippen molar-refractivity contribution >= 4 is 5.69 Å². The number of phenols is 1. The molecule has 1 aliphatic rings. The summed E-state index contributed by atoms with van der Waals surface area (Å²) in [6.07, 6.45) is 1.96. The smallest absolute Gasteiger partial charge is 0.147 e. The highest BCUT2D eigenvalue weighted by Gasteiger charge is 2.36. The predicted octanol–water partition coefficient (Wildman–Crippen LogP) is 3.17. The van der Waals surface area contributed by atoms with E-state index in [1.165, 1.54) is 0 Å². The van der Waals surface area contributed by atoms with Crippen molar-refractivity contribution in [1.29, 1.82) is 0 Å². The highest BCUT2D eigenvalue weighted by Crippen LogP contribution is 2.41. The molecule has 2 rings (SSSR count). The Hall–Kier alpha value is -1.38. The van der Waals surface area contributed by atoms with E-state index < -0.39 is 0 Å². The maximum Gasteiger partial charge on any atom is 0.147 e. The number of rotatable bonds is 3. The van der Waals surface area contributed by atoms with E-state index in [0.717, 1.165) is 37.4 Å². The van der Waals surface area contributed by atoms with Crippen LogP contribution >= 0.6 is 0 Å². The lowest BCUT2D eigenvalue weighted by atomic mass is 9.94. The molecule has 1 aromatic rings. The molecule has 0 spiro atoms.